The highest BCUT2D eigenvalue weighted by Gasteiger charge is 2.12. The molecule has 0 aliphatic rings. The zero-order valence-corrected chi connectivity index (χ0v) is 12.5. The lowest BCUT2D eigenvalue weighted by Crippen LogP contribution is -2.29. The molecule has 95 valence electrons. The summed E-state index contributed by atoms with van der Waals surface area (Å²) < 4.78 is 0. The van der Waals surface area contributed by atoms with E-state index in [0.717, 1.165) is 0 Å². The molecule has 0 bridgehead atoms. The van der Waals surface area contributed by atoms with Crippen LogP contribution in [0.5, 0.6) is 0 Å². The van der Waals surface area contributed by atoms with Crippen LogP contribution >= 0.6 is 0 Å². The second-order valence-corrected chi connectivity index (χ2v) is 7.67. The van der Waals surface area contributed by atoms with Crippen LogP contribution in [0.2, 0.25) is 12.1 Å². The fraction of sp³-hybridized carbons (Fsp3) is 0.625. The maximum atomic E-state index is 2.35. The summed E-state index contributed by atoms with van der Waals surface area (Å²) in [7, 11) is -0.267. The fourth-order valence-corrected chi connectivity index (χ4v) is 5.11. The van der Waals surface area contributed by atoms with Crippen molar-refractivity contribution in [1.29, 1.82) is 0 Å². The molecule has 1 rings (SSSR count). The maximum Gasteiger partial charge on any atom is 0.0856 e. The van der Waals surface area contributed by atoms with E-state index in [9.17, 15) is 0 Å². The van der Waals surface area contributed by atoms with Gasteiger partial charge in [-0.15, -0.1) is 0 Å². The minimum atomic E-state index is -0.267. The van der Waals surface area contributed by atoms with E-state index in [1.165, 1.54) is 50.6 Å². The zero-order chi connectivity index (χ0) is 12.3. The van der Waals surface area contributed by atoms with Gasteiger partial charge in [0.2, 0.25) is 0 Å². The first-order chi connectivity index (χ1) is 8.38. The van der Waals surface area contributed by atoms with Crippen molar-refractivity contribution in [1.82, 2.24) is 0 Å². The molecule has 17 heavy (non-hydrogen) atoms. The molecule has 0 unspecified atom stereocenters. The van der Waals surface area contributed by atoms with Gasteiger partial charge in [0.1, 0.15) is 0 Å². The molecule has 0 N–H and O–H groups in total. The van der Waals surface area contributed by atoms with Gasteiger partial charge in [-0.05, 0) is 0 Å². The zero-order valence-electron chi connectivity index (χ0n) is 11.5. The van der Waals surface area contributed by atoms with Crippen molar-refractivity contribution in [2.75, 3.05) is 0 Å². The Morgan fingerprint density at radius 2 is 1.29 bits per heavy atom. The molecule has 0 fully saturated rings. The SMILES string of the molecule is CCCCC[Si](CCCCC)c1ccccc1. The molecule has 0 saturated carbocycles. The third-order valence-corrected chi connectivity index (χ3v) is 6.41. The maximum absolute atomic E-state index is 2.35. The first-order valence-corrected chi connectivity index (χ1v) is 9.20. The second-order valence-electron chi connectivity index (χ2n) is 4.88. The predicted molar refractivity (Wildman–Crippen MR) is 80.5 cm³/mol. The van der Waals surface area contributed by atoms with Crippen molar-refractivity contribution in [3.63, 3.8) is 0 Å². The molecule has 0 aliphatic carbocycles. The van der Waals surface area contributed by atoms with Crippen molar-refractivity contribution in [3.8, 4) is 0 Å². The van der Waals surface area contributed by atoms with E-state index in [1.807, 2.05) is 0 Å². The van der Waals surface area contributed by atoms with Crippen molar-refractivity contribution in [3.05, 3.63) is 30.3 Å². The number of unbranched alkanes of at least 4 members (excludes halogenated alkanes) is 4. The quantitative estimate of drug-likeness (QED) is 0.435. The van der Waals surface area contributed by atoms with Gasteiger partial charge in [0.05, 0.1) is 8.80 Å². The van der Waals surface area contributed by atoms with Crippen molar-refractivity contribution in [2.45, 2.75) is 64.5 Å². The number of hydrogen-bond donors (Lipinski definition) is 0. The summed E-state index contributed by atoms with van der Waals surface area (Å²) in [5.41, 5.74) is 0. The molecule has 1 heteroatoms. The van der Waals surface area contributed by atoms with Crippen LogP contribution in [0.4, 0.5) is 0 Å². The van der Waals surface area contributed by atoms with Crippen LogP contribution in [0.15, 0.2) is 30.3 Å². The van der Waals surface area contributed by atoms with Crippen LogP contribution in [0.1, 0.15) is 52.4 Å². The summed E-state index contributed by atoms with van der Waals surface area (Å²) in [4.78, 5) is 0. The van der Waals surface area contributed by atoms with Crippen molar-refractivity contribution in [2.24, 2.45) is 0 Å². The van der Waals surface area contributed by atoms with E-state index in [0.29, 0.717) is 0 Å². The molecule has 1 aromatic rings. The number of hydrogen-bond acceptors (Lipinski definition) is 0. The lowest BCUT2D eigenvalue weighted by molar-refractivity contribution is 0.748. The van der Waals surface area contributed by atoms with Gasteiger partial charge in [-0.25, -0.2) is 0 Å². The largest absolute Gasteiger partial charge is 0.0856 e. The Balaban J connectivity index is 2.46. The standard InChI is InChI=1S/C16H27Si/c1-3-5-10-14-17(15-11-6-4-2)16-12-8-7-9-13-16/h7-9,12-13H,3-6,10-11,14-15H2,1-2H3. The third-order valence-electron chi connectivity index (χ3n) is 3.35. The molecule has 0 amide bonds. The molecule has 0 nitrogen and oxygen atoms in total. The highest BCUT2D eigenvalue weighted by Crippen LogP contribution is 2.12. The molecular weight excluding hydrogens is 220 g/mol. The summed E-state index contributed by atoms with van der Waals surface area (Å²) >= 11 is 0. The molecule has 0 aromatic heterocycles. The molecule has 0 saturated heterocycles. The number of rotatable bonds is 9. The van der Waals surface area contributed by atoms with E-state index in [1.54, 1.807) is 5.19 Å². The van der Waals surface area contributed by atoms with Crippen molar-refractivity contribution < 1.29 is 0 Å². The highest BCUT2D eigenvalue weighted by atomic mass is 28.3. The summed E-state index contributed by atoms with van der Waals surface area (Å²) in [6, 6.07) is 14.2. The Hall–Kier alpha value is -0.563. The van der Waals surface area contributed by atoms with Crippen LogP contribution in [-0.4, -0.2) is 8.80 Å². The van der Waals surface area contributed by atoms with Gasteiger partial charge in [-0.3, -0.25) is 0 Å². The lowest BCUT2D eigenvalue weighted by Gasteiger charge is -2.15. The van der Waals surface area contributed by atoms with E-state index in [-0.39, 0.29) is 8.80 Å². The van der Waals surface area contributed by atoms with Crippen LogP contribution in [0.3, 0.4) is 0 Å². The van der Waals surface area contributed by atoms with Gasteiger partial charge in [0.15, 0.2) is 0 Å². The lowest BCUT2D eigenvalue weighted by atomic mass is 10.3. The van der Waals surface area contributed by atoms with Gasteiger partial charge >= 0.3 is 0 Å². The smallest absolute Gasteiger partial charge is 0.0654 e. The Bertz CT molecular complexity index is 258. The van der Waals surface area contributed by atoms with E-state index >= 15 is 0 Å². The Morgan fingerprint density at radius 1 is 0.765 bits per heavy atom. The average molecular weight is 247 g/mol. The fourth-order valence-electron chi connectivity index (χ4n) is 2.26. The predicted octanol–water partition coefficient (Wildman–Crippen LogP) is 4.77. The normalized spacial score (nSPS) is 11.0. The second kappa shape index (κ2) is 9.47. The highest BCUT2D eigenvalue weighted by molar-refractivity contribution is 6.73. The molecule has 0 aliphatic heterocycles. The van der Waals surface area contributed by atoms with Crippen LogP contribution in [0.25, 0.3) is 0 Å². The van der Waals surface area contributed by atoms with E-state index in [4.69, 9.17) is 0 Å². The first-order valence-electron chi connectivity index (χ1n) is 7.28. The van der Waals surface area contributed by atoms with Crippen molar-refractivity contribution >= 4 is 14.0 Å². The summed E-state index contributed by atoms with van der Waals surface area (Å²) in [6.45, 7) is 4.60. The Kier molecular flexibility index (Phi) is 8.07. The average Bonchev–Trinajstić information content (AvgIpc) is 2.38. The molecule has 0 atom stereocenters. The van der Waals surface area contributed by atoms with Gasteiger partial charge < -0.3 is 0 Å². The van der Waals surface area contributed by atoms with Gasteiger partial charge in [0, 0.05) is 0 Å². The van der Waals surface area contributed by atoms with Crippen LogP contribution < -0.4 is 5.19 Å². The van der Waals surface area contributed by atoms with E-state index < -0.39 is 0 Å². The Labute approximate surface area is 109 Å². The summed E-state index contributed by atoms with van der Waals surface area (Å²) in [5.74, 6) is 0. The minimum Gasteiger partial charge on any atom is -0.0654 e. The first kappa shape index (κ1) is 14.5. The molecule has 0 heterocycles. The summed E-state index contributed by atoms with van der Waals surface area (Å²) in [6.07, 6.45) is 8.39. The number of benzene rings is 1. The topological polar surface area (TPSA) is 0 Å². The molecule has 0 spiro atoms. The van der Waals surface area contributed by atoms with Crippen LogP contribution in [-0.2, 0) is 0 Å². The van der Waals surface area contributed by atoms with Gasteiger partial charge in [-0.2, -0.15) is 0 Å². The van der Waals surface area contributed by atoms with Crippen LogP contribution in [0, 0.1) is 0 Å². The Morgan fingerprint density at radius 3 is 1.76 bits per heavy atom. The van der Waals surface area contributed by atoms with E-state index in [2.05, 4.69) is 44.2 Å². The minimum absolute atomic E-state index is 0.267. The summed E-state index contributed by atoms with van der Waals surface area (Å²) in [5, 5.41) is 1.66. The third kappa shape index (κ3) is 6.07. The van der Waals surface area contributed by atoms with Gasteiger partial charge in [0.25, 0.3) is 0 Å². The molecular formula is C16H27Si. The molecule has 1 radical (unpaired) electrons. The van der Waals surface area contributed by atoms with Gasteiger partial charge in [-0.1, -0.05) is 100.0 Å². The molecule has 1 aromatic carbocycles. The monoisotopic (exact) mass is 247 g/mol.